The summed E-state index contributed by atoms with van der Waals surface area (Å²) < 4.78 is 38.2. The van der Waals surface area contributed by atoms with E-state index in [1.54, 1.807) is 18.2 Å². The Morgan fingerprint density at radius 2 is 1.90 bits per heavy atom. The van der Waals surface area contributed by atoms with Crippen molar-refractivity contribution in [3.05, 3.63) is 75.6 Å². The van der Waals surface area contributed by atoms with Crippen LogP contribution in [0.15, 0.2) is 53.3 Å². The normalized spacial score (nSPS) is 13.0. The number of nitrogens with one attached hydrogen (secondary N) is 2. The molecule has 0 fully saturated rings. The second kappa shape index (κ2) is 8.67. The maximum Gasteiger partial charge on any atom is 0.416 e. The monoisotopic (exact) mass is 406 g/mol. The van der Waals surface area contributed by atoms with E-state index in [9.17, 15) is 28.2 Å². The van der Waals surface area contributed by atoms with Gasteiger partial charge in [0.15, 0.2) is 0 Å². The van der Waals surface area contributed by atoms with Gasteiger partial charge in [0.05, 0.1) is 17.2 Å². The molecule has 1 aromatic heterocycles. The summed E-state index contributed by atoms with van der Waals surface area (Å²) in [7, 11) is 0. The zero-order chi connectivity index (χ0) is 21.0. The zero-order valence-corrected chi connectivity index (χ0v) is 15.5. The number of aliphatic hydroxyl groups excluding tert-OH is 1. The number of hydrogen-bond acceptors (Lipinski definition) is 4. The van der Waals surface area contributed by atoms with Crippen LogP contribution in [-0.4, -0.2) is 28.3 Å². The van der Waals surface area contributed by atoms with Crippen LogP contribution in [0.3, 0.4) is 0 Å². The Bertz CT molecular complexity index is 1050. The molecular weight excluding hydrogens is 385 g/mol. The topological polar surface area (TPSA) is 85.3 Å². The van der Waals surface area contributed by atoms with Crippen molar-refractivity contribution >= 4 is 10.9 Å². The minimum absolute atomic E-state index is 0.0808. The highest BCUT2D eigenvalue weighted by Crippen LogP contribution is 2.30. The molecule has 2 aromatic carbocycles. The molecule has 3 aromatic rings. The van der Waals surface area contributed by atoms with Crippen molar-refractivity contribution in [2.75, 3.05) is 13.1 Å². The Labute approximate surface area is 164 Å². The molecule has 1 heterocycles. The zero-order valence-electron chi connectivity index (χ0n) is 15.5. The van der Waals surface area contributed by atoms with Crippen LogP contribution < -0.4 is 10.9 Å². The number of phenolic OH excluding ortho intramolecular Hbond substituents is 1. The maximum atomic E-state index is 12.7. The number of aromatic amines is 1. The van der Waals surface area contributed by atoms with Gasteiger partial charge >= 0.3 is 6.18 Å². The van der Waals surface area contributed by atoms with Gasteiger partial charge in [0.2, 0.25) is 5.56 Å². The number of aromatic nitrogens is 1. The summed E-state index contributed by atoms with van der Waals surface area (Å²) in [4.78, 5) is 14.0. The Morgan fingerprint density at radius 3 is 2.66 bits per heavy atom. The lowest BCUT2D eigenvalue weighted by molar-refractivity contribution is -0.137. The highest BCUT2D eigenvalue weighted by atomic mass is 19.4. The molecule has 0 bridgehead atoms. The minimum Gasteiger partial charge on any atom is -0.506 e. The average Bonchev–Trinajstić information content (AvgIpc) is 2.68. The van der Waals surface area contributed by atoms with Crippen LogP contribution in [-0.2, 0) is 12.6 Å². The smallest absolute Gasteiger partial charge is 0.416 e. The van der Waals surface area contributed by atoms with Crippen LogP contribution in [0.4, 0.5) is 13.2 Å². The lowest BCUT2D eigenvalue weighted by atomic mass is 10.0. The first-order valence-corrected chi connectivity index (χ1v) is 9.15. The number of pyridine rings is 1. The van der Waals surface area contributed by atoms with Crippen LogP contribution in [0.1, 0.15) is 29.2 Å². The van der Waals surface area contributed by atoms with Crippen molar-refractivity contribution in [3.63, 3.8) is 0 Å². The van der Waals surface area contributed by atoms with Crippen LogP contribution in [0.5, 0.6) is 5.75 Å². The number of aryl methyl sites for hydroxylation is 1. The summed E-state index contributed by atoms with van der Waals surface area (Å²) in [6.07, 6.45) is -4.14. The first-order valence-electron chi connectivity index (χ1n) is 9.15. The molecular formula is C21H21F3N2O3. The Balaban J connectivity index is 1.55. The van der Waals surface area contributed by atoms with E-state index in [-0.39, 0.29) is 23.4 Å². The predicted molar refractivity (Wildman–Crippen MR) is 104 cm³/mol. The molecule has 0 aliphatic rings. The van der Waals surface area contributed by atoms with Gasteiger partial charge in [-0.05, 0) is 48.7 Å². The standard InChI is InChI=1S/C21H21F3N2O3/c22-21(23,24)14-5-1-3-13(11-14)4-2-10-25-12-18(28)15-6-8-17(27)20-16(15)7-9-19(29)26-20/h1,3,5-9,11,18,25,27-28H,2,4,10,12H2,(H,26,29). The first kappa shape index (κ1) is 20.9. The summed E-state index contributed by atoms with van der Waals surface area (Å²) in [5.41, 5.74) is 0.413. The molecule has 3 rings (SSSR count). The molecule has 154 valence electrons. The molecule has 1 unspecified atom stereocenters. The first-order chi connectivity index (χ1) is 13.8. The number of benzene rings is 2. The lowest BCUT2D eigenvalue weighted by Gasteiger charge is -2.15. The highest BCUT2D eigenvalue weighted by molar-refractivity contribution is 5.87. The van der Waals surface area contributed by atoms with E-state index in [1.165, 1.54) is 18.2 Å². The van der Waals surface area contributed by atoms with Crippen molar-refractivity contribution in [2.24, 2.45) is 0 Å². The summed E-state index contributed by atoms with van der Waals surface area (Å²) in [6.45, 7) is 0.738. The van der Waals surface area contributed by atoms with Gasteiger partial charge in [0.1, 0.15) is 5.75 Å². The molecule has 5 nitrogen and oxygen atoms in total. The highest BCUT2D eigenvalue weighted by Gasteiger charge is 2.30. The van der Waals surface area contributed by atoms with E-state index in [0.29, 0.717) is 35.9 Å². The van der Waals surface area contributed by atoms with Crippen molar-refractivity contribution in [3.8, 4) is 5.75 Å². The number of rotatable bonds is 7. The van der Waals surface area contributed by atoms with Gasteiger partial charge in [0, 0.05) is 18.0 Å². The number of fused-ring (bicyclic) bond motifs is 1. The minimum atomic E-state index is -4.35. The molecule has 0 saturated heterocycles. The Morgan fingerprint density at radius 1 is 1.10 bits per heavy atom. The van der Waals surface area contributed by atoms with Gasteiger partial charge in [-0.2, -0.15) is 13.2 Å². The fourth-order valence-corrected chi connectivity index (χ4v) is 3.22. The van der Waals surface area contributed by atoms with E-state index in [4.69, 9.17) is 0 Å². The van der Waals surface area contributed by atoms with Crippen molar-refractivity contribution in [2.45, 2.75) is 25.1 Å². The van der Waals surface area contributed by atoms with Crippen LogP contribution >= 0.6 is 0 Å². The summed E-state index contributed by atoms with van der Waals surface area (Å²) in [6, 6.07) is 11.1. The lowest BCUT2D eigenvalue weighted by Crippen LogP contribution is -2.23. The number of alkyl halides is 3. The van der Waals surface area contributed by atoms with Crippen molar-refractivity contribution in [1.82, 2.24) is 10.3 Å². The van der Waals surface area contributed by atoms with E-state index in [0.717, 1.165) is 12.1 Å². The molecule has 0 spiro atoms. The summed E-state index contributed by atoms with van der Waals surface area (Å²) in [5, 5.41) is 24.0. The number of phenols is 1. The quantitative estimate of drug-likeness (QED) is 0.453. The van der Waals surface area contributed by atoms with E-state index >= 15 is 0 Å². The largest absolute Gasteiger partial charge is 0.506 e. The molecule has 0 radical (unpaired) electrons. The number of hydrogen-bond donors (Lipinski definition) is 4. The molecule has 4 N–H and O–H groups in total. The maximum absolute atomic E-state index is 12.7. The fourth-order valence-electron chi connectivity index (χ4n) is 3.22. The van der Waals surface area contributed by atoms with Gasteiger partial charge < -0.3 is 20.5 Å². The summed E-state index contributed by atoms with van der Waals surface area (Å²) >= 11 is 0. The summed E-state index contributed by atoms with van der Waals surface area (Å²) in [5.74, 6) is -0.0808. The molecule has 1 atom stereocenters. The van der Waals surface area contributed by atoms with Gasteiger partial charge in [0.25, 0.3) is 0 Å². The van der Waals surface area contributed by atoms with E-state index < -0.39 is 17.8 Å². The second-order valence-electron chi connectivity index (χ2n) is 6.81. The third kappa shape index (κ3) is 5.16. The average molecular weight is 406 g/mol. The molecule has 0 amide bonds. The third-order valence-corrected chi connectivity index (χ3v) is 4.68. The van der Waals surface area contributed by atoms with Gasteiger partial charge in [-0.1, -0.05) is 24.3 Å². The SMILES string of the molecule is O=c1ccc2c(C(O)CNCCCc3cccc(C(F)(F)F)c3)ccc(O)c2[nH]1. The number of aliphatic hydroxyl groups is 1. The second-order valence-corrected chi connectivity index (χ2v) is 6.81. The van der Waals surface area contributed by atoms with Crippen LogP contribution in [0.2, 0.25) is 0 Å². The van der Waals surface area contributed by atoms with E-state index in [1.807, 2.05) is 0 Å². The Kier molecular flexibility index (Phi) is 6.24. The van der Waals surface area contributed by atoms with Gasteiger partial charge in [-0.25, -0.2) is 0 Å². The van der Waals surface area contributed by atoms with Gasteiger partial charge in [-0.15, -0.1) is 0 Å². The molecule has 0 aliphatic carbocycles. The van der Waals surface area contributed by atoms with Crippen molar-refractivity contribution in [1.29, 1.82) is 0 Å². The molecule has 0 aliphatic heterocycles. The van der Waals surface area contributed by atoms with Crippen LogP contribution in [0, 0.1) is 0 Å². The van der Waals surface area contributed by atoms with Crippen molar-refractivity contribution < 1.29 is 23.4 Å². The number of aromatic hydroxyl groups is 1. The molecule has 0 saturated carbocycles. The van der Waals surface area contributed by atoms with E-state index in [2.05, 4.69) is 10.3 Å². The Hall–Kier alpha value is -2.84. The fraction of sp³-hybridized carbons (Fsp3) is 0.286. The third-order valence-electron chi connectivity index (χ3n) is 4.68. The predicted octanol–water partition coefficient (Wildman–Crippen LogP) is 3.51. The number of halogens is 3. The molecule has 8 heteroatoms. The molecule has 29 heavy (non-hydrogen) atoms. The van der Waals surface area contributed by atoms with Crippen LogP contribution in [0.25, 0.3) is 10.9 Å². The van der Waals surface area contributed by atoms with Gasteiger partial charge in [-0.3, -0.25) is 4.79 Å². The number of H-pyrrole nitrogens is 1.